The maximum Gasteiger partial charge on any atom is 0.146 e. The molecule has 112 valence electrons. The first-order valence-electron chi connectivity index (χ1n) is 7.74. The molecular weight excluding hydrogens is 251 g/mol. The van der Waals surface area contributed by atoms with Gasteiger partial charge in [0.2, 0.25) is 0 Å². The van der Waals surface area contributed by atoms with Crippen molar-refractivity contribution in [1.29, 1.82) is 0 Å². The minimum absolute atomic E-state index is 0.0857. The third-order valence-electron chi connectivity index (χ3n) is 4.25. The first-order valence-corrected chi connectivity index (χ1v) is 7.74. The standard InChI is InChI=1S/C17H27FN2/c1-12(2)15-8-9-20(11-15)17-14(10-19-13(3)4)6-5-7-16(17)18/h5-7,12-13,15,19H,8-11H2,1-4H3. The van der Waals surface area contributed by atoms with E-state index in [1.807, 2.05) is 12.1 Å². The summed E-state index contributed by atoms with van der Waals surface area (Å²) in [6.45, 7) is 11.4. The lowest BCUT2D eigenvalue weighted by Gasteiger charge is -2.24. The van der Waals surface area contributed by atoms with Gasteiger partial charge in [0, 0.05) is 25.7 Å². The summed E-state index contributed by atoms with van der Waals surface area (Å²) in [6, 6.07) is 5.84. The van der Waals surface area contributed by atoms with Gasteiger partial charge in [-0.15, -0.1) is 0 Å². The molecule has 0 radical (unpaired) electrons. The van der Waals surface area contributed by atoms with Crippen LogP contribution in [-0.2, 0) is 6.54 Å². The molecule has 2 rings (SSSR count). The fourth-order valence-electron chi connectivity index (χ4n) is 2.91. The second-order valence-electron chi connectivity index (χ2n) is 6.52. The van der Waals surface area contributed by atoms with E-state index in [1.165, 1.54) is 6.42 Å². The number of hydrogen-bond acceptors (Lipinski definition) is 2. The molecule has 1 aliphatic heterocycles. The van der Waals surface area contributed by atoms with Gasteiger partial charge in [0.15, 0.2) is 0 Å². The van der Waals surface area contributed by atoms with Crippen molar-refractivity contribution in [3.05, 3.63) is 29.6 Å². The highest BCUT2D eigenvalue weighted by Gasteiger charge is 2.27. The fraction of sp³-hybridized carbons (Fsp3) is 0.647. The van der Waals surface area contributed by atoms with E-state index in [0.29, 0.717) is 17.9 Å². The summed E-state index contributed by atoms with van der Waals surface area (Å²) in [5.41, 5.74) is 1.88. The van der Waals surface area contributed by atoms with Crippen LogP contribution in [0.4, 0.5) is 10.1 Å². The maximum atomic E-state index is 14.3. The zero-order valence-electron chi connectivity index (χ0n) is 13.1. The van der Waals surface area contributed by atoms with Crippen LogP contribution in [0.5, 0.6) is 0 Å². The third-order valence-corrected chi connectivity index (χ3v) is 4.25. The predicted octanol–water partition coefficient (Wildman–Crippen LogP) is 3.81. The molecule has 0 bridgehead atoms. The van der Waals surface area contributed by atoms with Gasteiger partial charge >= 0.3 is 0 Å². The van der Waals surface area contributed by atoms with Crippen molar-refractivity contribution in [2.45, 2.75) is 46.7 Å². The summed E-state index contributed by atoms with van der Waals surface area (Å²) in [4.78, 5) is 2.23. The van der Waals surface area contributed by atoms with Gasteiger partial charge in [0.05, 0.1) is 5.69 Å². The lowest BCUT2D eigenvalue weighted by atomic mass is 9.95. The monoisotopic (exact) mass is 278 g/mol. The van der Waals surface area contributed by atoms with Crippen molar-refractivity contribution in [1.82, 2.24) is 5.32 Å². The highest BCUT2D eigenvalue weighted by atomic mass is 19.1. The summed E-state index contributed by atoms with van der Waals surface area (Å²) in [5, 5.41) is 3.39. The molecular formula is C17H27FN2. The SMILES string of the molecule is CC(C)NCc1cccc(F)c1N1CCC(C(C)C)C1. The number of halogens is 1. The third kappa shape index (κ3) is 3.51. The van der Waals surface area contributed by atoms with E-state index >= 15 is 0 Å². The molecule has 0 saturated carbocycles. The van der Waals surface area contributed by atoms with Crippen molar-refractivity contribution in [2.24, 2.45) is 11.8 Å². The number of anilines is 1. The van der Waals surface area contributed by atoms with Gasteiger partial charge in [-0.25, -0.2) is 4.39 Å². The Morgan fingerprint density at radius 3 is 2.65 bits per heavy atom. The summed E-state index contributed by atoms with van der Waals surface area (Å²) in [5.74, 6) is 1.27. The Kier molecular flexibility index (Phi) is 5.03. The zero-order chi connectivity index (χ0) is 14.7. The Hall–Kier alpha value is -1.09. The zero-order valence-corrected chi connectivity index (χ0v) is 13.1. The molecule has 0 spiro atoms. The van der Waals surface area contributed by atoms with Crippen LogP contribution in [0, 0.1) is 17.7 Å². The minimum Gasteiger partial charge on any atom is -0.369 e. The van der Waals surface area contributed by atoms with Crippen molar-refractivity contribution in [2.75, 3.05) is 18.0 Å². The first-order chi connectivity index (χ1) is 9.49. The van der Waals surface area contributed by atoms with Gasteiger partial charge in [-0.05, 0) is 29.9 Å². The van der Waals surface area contributed by atoms with Crippen LogP contribution in [-0.4, -0.2) is 19.1 Å². The Balaban J connectivity index is 2.18. The first kappa shape index (κ1) is 15.3. The van der Waals surface area contributed by atoms with E-state index in [1.54, 1.807) is 6.07 Å². The molecule has 1 atom stereocenters. The lowest BCUT2D eigenvalue weighted by molar-refractivity contribution is 0.422. The number of nitrogens with zero attached hydrogens (tertiary/aromatic N) is 1. The number of benzene rings is 1. The fourth-order valence-corrected chi connectivity index (χ4v) is 2.91. The summed E-state index contributed by atoms with van der Waals surface area (Å²) in [7, 11) is 0. The van der Waals surface area contributed by atoms with Crippen LogP contribution in [0.1, 0.15) is 39.7 Å². The van der Waals surface area contributed by atoms with Crippen molar-refractivity contribution >= 4 is 5.69 Å². The van der Waals surface area contributed by atoms with Crippen molar-refractivity contribution in [3.8, 4) is 0 Å². The van der Waals surface area contributed by atoms with Crippen LogP contribution >= 0.6 is 0 Å². The van der Waals surface area contributed by atoms with E-state index < -0.39 is 0 Å². The summed E-state index contributed by atoms with van der Waals surface area (Å²) < 4.78 is 14.3. The molecule has 3 heteroatoms. The van der Waals surface area contributed by atoms with Gasteiger partial charge < -0.3 is 10.2 Å². The topological polar surface area (TPSA) is 15.3 Å². The molecule has 1 saturated heterocycles. The summed E-state index contributed by atoms with van der Waals surface area (Å²) >= 11 is 0. The minimum atomic E-state index is -0.0857. The van der Waals surface area contributed by atoms with E-state index in [2.05, 4.69) is 37.9 Å². The van der Waals surface area contributed by atoms with Crippen LogP contribution in [0.3, 0.4) is 0 Å². The molecule has 1 aromatic rings. The molecule has 20 heavy (non-hydrogen) atoms. The van der Waals surface area contributed by atoms with E-state index in [-0.39, 0.29) is 5.82 Å². The number of hydrogen-bond donors (Lipinski definition) is 1. The van der Waals surface area contributed by atoms with Crippen molar-refractivity contribution in [3.63, 3.8) is 0 Å². The van der Waals surface area contributed by atoms with E-state index in [9.17, 15) is 4.39 Å². The van der Waals surface area contributed by atoms with Crippen LogP contribution in [0.2, 0.25) is 0 Å². The molecule has 0 aromatic heterocycles. The lowest BCUT2D eigenvalue weighted by Crippen LogP contribution is -2.27. The Labute approximate surface area is 122 Å². The second kappa shape index (κ2) is 6.57. The van der Waals surface area contributed by atoms with Gasteiger partial charge in [0.25, 0.3) is 0 Å². The molecule has 2 nitrogen and oxygen atoms in total. The smallest absolute Gasteiger partial charge is 0.146 e. The van der Waals surface area contributed by atoms with Gasteiger partial charge in [0.1, 0.15) is 5.82 Å². The normalized spacial score (nSPS) is 19.4. The molecule has 0 amide bonds. The van der Waals surface area contributed by atoms with E-state index in [4.69, 9.17) is 0 Å². The second-order valence-corrected chi connectivity index (χ2v) is 6.52. The average Bonchev–Trinajstić information content (AvgIpc) is 2.85. The Bertz CT molecular complexity index is 443. The molecule has 1 N–H and O–H groups in total. The van der Waals surface area contributed by atoms with Gasteiger partial charge in [-0.2, -0.15) is 0 Å². The molecule has 1 aliphatic rings. The predicted molar refractivity (Wildman–Crippen MR) is 83.5 cm³/mol. The molecule has 1 heterocycles. The molecule has 1 aromatic carbocycles. The van der Waals surface area contributed by atoms with Crippen molar-refractivity contribution < 1.29 is 4.39 Å². The highest BCUT2D eigenvalue weighted by molar-refractivity contribution is 5.55. The van der Waals surface area contributed by atoms with Crippen LogP contribution in [0.15, 0.2) is 18.2 Å². The Morgan fingerprint density at radius 2 is 2.05 bits per heavy atom. The average molecular weight is 278 g/mol. The van der Waals surface area contributed by atoms with Crippen LogP contribution in [0.25, 0.3) is 0 Å². The molecule has 1 unspecified atom stereocenters. The maximum absolute atomic E-state index is 14.3. The van der Waals surface area contributed by atoms with E-state index in [0.717, 1.165) is 30.9 Å². The van der Waals surface area contributed by atoms with Gasteiger partial charge in [-0.3, -0.25) is 0 Å². The quantitative estimate of drug-likeness (QED) is 0.881. The Morgan fingerprint density at radius 1 is 1.30 bits per heavy atom. The van der Waals surface area contributed by atoms with Crippen LogP contribution < -0.4 is 10.2 Å². The largest absolute Gasteiger partial charge is 0.369 e. The number of nitrogens with one attached hydrogen (secondary N) is 1. The molecule has 0 aliphatic carbocycles. The number of para-hydroxylation sites is 1. The number of rotatable bonds is 5. The molecule has 1 fully saturated rings. The summed E-state index contributed by atoms with van der Waals surface area (Å²) in [6.07, 6.45) is 1.17. The highest BCUT2D eigenvalue weighted by Crippen LogP contribution is 2.32. The van der Waals surface area contributed by atoms with Gasteiger partial charge in [-0.1, -0.05) is 39.8 Å².